The van der Waals surface area contributed by atoms with Gasteiger partial charge in [-0.15, -0.1) is 0 Å². The van der Waals surface area contributed by atoms with Crippen molar-refractivity contribution in [3.63, 3.8) is 0 Å². The summed E-state index contributed by atoms with van der Waals surface area (Å²) >= 11 is 0. The molecule has 0 unspecified atom stereocenters. The average molecular weight is 507 g/mol. The predicted octanol–water partition coefficient (Wildman–Crippen LogP) is 7.18. The maximum absolute atomic E-state index is 14.3. The first kappa shape index (κ1) is 27.3. The van der Waals surface area contributed by atoms with Crippen molar-refractivity contribution >= 4 is 16.8 Å². The monoisotopic (exact) mass is 506 g/mol. The Balaban J connectivity index is 0.00000156. The van der Waals surface area contributed by atoms with Crippen molar-refractivity contribution in [2.45, 2.75) is 90.6 Å². The van der Waals surface area contributed by atoms with E-state index in [2.05, 4.69) is 26.7 Å². The van der Waals surface area contributed by atoms with Crippen LogP contribution >= 0.6 is 0 Å². The molecule has 2 fully saturated rings. The van der Waals surface area contributed by atoms with Gasteiger partial charge >= 0.3 is 0 Å². The largest absolute Gasteiger partial charge is 0.339 e. The highest BCUT2D eigenvalue weighted by molar-refractivity contribution is 5.99. The summed E-state index contributed by atoms with van der Waals surface area (Å²) in [7, 11) is 1.77. The van der Waals surface area contributed by atoms with Crippen LogP contribution in [0.25, 0.3) is 16.6 Å². The van der Waals surface area contributed by atoms with E-state index in [0.717, 1.165) is 11.6 Å². The first-order valence-corrected chi connectivity index (χ1v) is 14.2. The Labute approximate surface area is 221 Å². The molecule has 0 N–H and O–H groups in total. The number of hydrogen-bond acceptors (Lipinski definition) is 3. The number of likely N-dealkylation sites (tertiary alicyclic amines) is 1. The second kappa shape index (κ2) is 12.2. The summed E-state index contributed by atoms with van der Waals surface area (Å²) in [4.78, 5) is 22.1. The van der Waals surface area contributed by atoms with Crippen LogP contribution in [0.15, 0.2) is 42.9 Å². The lowest BCUT2D eigenvalue weighted by Crippen LogP contribution is -2.41. The molecule has 0 atom stereocenters. The van der Waals surface area contributed by atoms with E-state index in [0.29, 0.717) is 17.2 Å². The first-order valence-electron chi connectivity index (χ1n) is 14.2. The van der Waals surface area contributed by atoms with Crippen molar-refractivity contribution in [1.29, 1.82) is 0 Å². The van der Waals surface area contributed by atoms with Gasteiger partial charge in [0, 0.05) is 36.9 Å². The molecular formula is C31H43FN4O. The fraction of sp³-hybridized carbons (Fsp3) is 0.548. The minimum Gasteiger partial charge on any atom is -0.339 e. The van der Waals surface area contributed by atoms with Gasteiger partial charge in [-0.05, 0) is 101 Å². The summed E-state index contributed by atoms with van der Waals surface area (Å²) in [6.45, 7) is 10.4. The van der Waals surface area contributed by atoms with Crippen molar-refractivity contribution in [3.8, 4) is 5.69 Å². The lowest BCUT2D eigenvalue weighted by atomic mass is 9.81. The minimum atomic E-state index is -0.403. The third kappa shape index (κ3) is 5.74. The van der Waals surface area contributed by atoms with Crippen molar-refractivity contribution in [2.75, 3.05) is 20.1 Å². The quantitative estimate of drug-likeness (QED) is 0.368. The van der Waals surface area contributed by atoms with Gasteiger partial charge < -0.3 is 14.4 Å². The number of aromatic nitrogens is 2. The topological polar surface area (TPSA) is 41.4 Å². The summed E-state index contributed by atoms with van der Waals surface area (Å²) in [5.41, 5.74) is 3.37. The molecule has 0 radical (unpaired) electrons. The summed E-state index contributed by atoms with van der Waals surface area (Å²) in [6, 6.07) is 7.35. The third-order valence-electron chi connectivity index (χ3n) is 8.23. The molecule has 1 aliphatic heterocycles. The highest BCUT2D eigenvalue weighted by Crippen LogP contribution is 2.40. The van der Waals surface area contributed by atoms with E-state index in [-0.39, 0.29) is 11.9 Å². The number of benzene rings is 1. The van der Waals surface area contributed by atoms with Crippen molar-refractivity contribution in [2.24, 2.45) is 0 Å². The number of amides is 1. The minimum absolute atomic E-state index is 0.0207. The van der Waals surface area contributed by atoms with Crippen molar-refractivity contribution in [1.82, 2.24) is 19.4 Å². The number of hydrogen-bond donors (Lipinski definition) is 0. The molecule has 5 nitrogen and oxygen atoms in total. The maximum atomic E-state index is 14.3. The molecule has 0 bridgehead atoms. The molecule has 2 aliphatic rings. The zero-order valence-corrected chi connectivity index (χ0v) is 23.2. The van der Waals surface area contributed by atoms with Crippen LogP contribution in [0.4, 0.5) is 4.39 Å². The second-order valence-electron chi connectivity index (χ2n) is 10.6. The molecule has 1 amide bonds. The molecule has 1 aromatic carbocycles. The number of nitrogens with zero attached hydrogens (tertiary/aromatic N) is 4. The fourth-order valence-corrected chi connectivity index (χ4v) is 5.97. The van der Waals surface area contributed by atoms with E-state index < -0.39 is 5.82 Å². The van der Waals surface area contributed by atoms with Gasteiger partial charge in [0.2, 0.25) is 0 Å². The Morgan fingerprint density at radius 1 is 1.05 bits per heavy atom. The van der Waals surface area contributed by atoms with Gasteiger partial charge in [0.05, 0.1) is 23.0 Å². The second-order valence-corrected chi connectivity index (χ2v) is 10.6. The SMILES string of the molecule is CC.CC(C)N(C)C(=O)c1cc(F)ccc1-n1cc(C2CCC(N3CCCCC3)CC2)c2ccncc21. The molecule has 2 aromatic heterocycles. The van der Waals surface area contributed by atoms with Gasteiger partial charge in [-0.3, -0.25) is 9.78 Å². The zero-order chi connectivity index (χ0) is 26.5. The highest BCUT2D eigenvalue weighted by atomic mass is 19.1. The lowest BCUT2D eigenvalue weighted by molar-refractivity contribution is 0.0754. The van der Waals surface area contributed by atoms with Gasteiger partial charge in [0.15, 0.2) is 0 Å². The highest BCUT2D eigenvalue weighted by Gasteiger charge is 2.30. The molecule has 1 saturated carbocycles. The van der Waals surface area contributed by atoms with Crippen LogP contribution in [-0.2, 0) is 0 Å². The van der Waals surface area contributed by atoms with E-state index in [1.807, 2.05) is 40.1 Å². The lowest BCUT2D eigenvalue weighted by Gasteiger charge is -2.39. The molecule has 3 heterocycles. The van der Waals surface area contributed by atoms with Crippen LogP contribution in [0, 0.1) is 5.82 Å². The van der Waals surface area contributed by atoms with E-state index in [9.17, 15) is 9.18 Å². The standard InChI is InChI=1S/C29H37FN4O.C2H6/c1-20(2)32(3)29(35)25-17-22(30)9-12-27(25)34-19-26(24-13-14-31-18-28(24)34)21-7-10-23(11-8-21)33-15-5-4-6-16-33;1-2/h9,12-14,17-21,23H,4-8,10-11,15-16H2,1-3H3;1-2H3. The van der Waals surface area contributed by atoms with E-state index in [1.54, 1.807) is 18.0 Å². The molecule has 37 heavy (non-hydrogen) atoms. The summed E-state index contributed by atoms with van der Waals surface area (Å²) < 4.78 is 16.3. The first-order chi connectivity index (χ1) is 17.9. The molecule has 0 spiro atoms. The van der Waals surface area contributed by atoms with Gasteiger partial charge in [-0.1, -0.05) is 20.3 Å². The molecule has 3 aromatic rings. The van der Waals surface area contributed by atoms with Gasteiger partial charge in [-0.2, -0.15) is 0 Å². The zero-order valence-electron chi connectivity index (χ0n) is 23.2. The number of piperidine rings is 1. The number of halogens is 1. The Hall–Kier alpha value is -2.73. The number of fused-ring (bicyclic) bond motifs is 1. The van der Waals surface area contributed by atoms with E-state index in [1.165, 1.54) is 81.1 Å². The molecular weight excluding hydrogens is 463 g/mol. The van der Waals surface area contributed by atoms with Gasteiger partial charge in [-0.25, -0.2) is 4.39 Å². The van der Waals surface area contributed by atoms with Crippen LogP contribution < -0.4 is 0 Å². The molecule has 200 valence electrons. The number of pyridine rings is 1. The fourth-order valence-electron chi connectivity index (χ4n) is 5.97. The van der Waals surface area contributed by atoms with Crippen LogP contribution in [0.5, 0.6) is 0 Å². The van der Waals surface area contributed by atoms with E-state index >= 15 is 0 Å². The van der Waals surface area contributed by atoms with Crippen molar-refractivity contribution in [3.05, 3.63) is 59.8 Å². The Morgan fingerprint density at radius 3 is 2.43 bits per heavy atom. The predicted molar refractivity (Wildman–Crippen MR) is 150 cm³/mol. The molecule has 6 heteroatoms. The van der Waals surface area contributed by atoms with Gasteiger partial charge in [0.25, 0.3) is 5.91 Å². The maximum Gasteiger partial charge on any atom is 0.256 e. The normalized spacial score (nSPS) is 20.5. The number of carbonyl (C=O) groups is 1. The van der Waals surface area contributed by atoms with E-state index in [4.69, 9.17) is 0 Å². The average Bonchev–Trinajstić information content (AvgIpc) is 3.33. The molecule has 1 saturated heterocycles. The Kier molecular flexibility index (Phi) is 9.01. The van der Waals surface area contributed by atoms with Gasteiger partial charge in [0.1, 0.15) is 5.82 Å². The Morgan fingerprint density at radius 2 is 1.76 bits per heavy atom. The molecule has 1 aliphatic carbocycles. The van der Waals surface area contributed by atoms with Crippen LogP contribution in [-0.4, -0.2) is 57.5 Å². The van der Waals surface area contributed by atoms with Crippen LogP contribution in [0.1, 0.15) is 94.5 Å². The van der Waals surface area contributed by atoms with Crippen LogP contribution in [0.3, 0.4) is 0 Å². The smallest absolute Gasteiger partial charge is 0.256 e. The van der Waals surface area contributed by atoms with Crippen molar-refractivity contribution < 1.29 is 9.18 Å². The number of carbonyl (C=O) groups excluding carboxylic acids is 1. The molecule has 5 rings (SSSR count). The Bertz CT molecular complexity index is 1190. The summed E-state index contributed by atoms with van der Waals surface area (Å²) in [5.74, 6) is -0.0935. The summed E-state index contributed by atoms with van der Waals surface area (Å²) in [5, 5.41) is 1.18. The third-order valence-corrected chi connectivity index (χ3v) is 8.23. The number of rotatable bonds is 5. The van der Waals surface area contributed by atoms with Crippen LogP contribution in [0.2, 0.25) is 0 Å². The summed E-state index contributed by atoms with van der Waals surface area (Å²) in [6.07, 6.45) is 14.8.